The van der Waals surface area contributed by atoms with Gasteiger partial charge in [-0.1, -0.05) is 19.1 Å². The minimum Gasteiger partial charge on any atom is -0.478 e. The van der Waals surface area contributed by atoms with Crippen molar-refractivity contribution in [3.8, 4) is 0 Å². The number of carboxylic acids is 1. The molecule has 5 heteroatoms. The van der Waals surface area contributed by atoms with E-state index in [9.17, 15) is 9.59 Å². The molecule has 0 aliphatic heterocycles. The van der Waals surface area contributed by atoms with E-state index in [0.29, 0.717) is 10.6 Å². The minimum absolute atomic E-state index is 0.123. The average Bonchev–Trinajstić information content (AvgIpc) is 2.87. The highest BCUT2D eigenvalue weighted by atomic mass is 32.1. The van der Waals surface area contributed by atoms with E-state index in [0.717, 1.165) is 23.6 Å². The monoisotopic (exact) mass is 315 g/mol. The van der Waals surface area contributed by atoms with Crippen LogP contribution in [-0.2, 0) is 11.2 Å². The second-order valence-corrected chi connectivity index (χ2v) is 5.95. The highest BCUT2D eigenvalue weighted by Gasteiger charge is 2.11. The molecule has 2 N–H and O–H groups in total. The first-order valence-corrected chi connectivity index (χ1v) is 7.73. The number of carboxylic acid groups (broad SMARTS) is 1. The molecule has 1 heterocycles. The average molecular weight is 315 g/mol. The summed E-state index contributed by atoms with van der Waals surface area (Å²) in [7, 11) is 0. The first-order valence-electron chi connectivity index (χ1n) is 6.91. The Kier molecular flexibility index (Phi) is 5.12. The largest absolute Gasteiger partial charge is 0.478 e. The number of thiophene rings is 1. The molecule has 0 unspecified atom stereocenters. The molecule has 0 saturated heterocycles. The zero-order valence-electron chi connectivity index (χ0n) is 12.4. The second kappa shape index (κ2) is 7.04. The molecule has 0 aliphatic carbocycles. The van der Waals surface area contributed by atoms with Gasteiger partial charge in [-0.2, -0.15) is 0 Å². The summed E-state index contributed by atoms with van der Waals surface area (Å²) in [6.07, 6.45) is 3.51. The SMILES string of the molecule is CCc1sc(C(=O)Nc2ccc(C=CC(=O)O)cc2)cc1C. The van der Waals surface area contributed by atoms with Gasteiger partial charge in [-0.15, -0.1) is 11.3 Å². The number of rotatable bonds is 5. The topological polar surface area (TPSA) is 66.4 Å². The summed E-state index contributed by atoms with van der Waals surface area (Å²) >= 11 is 1.51. The predicted molar refractivity (Wildman–Crippen MR) is 89.5 cm³/mol. The minimum atomic E-state index is -0.989. The summed E-state index contributed by atoms with van der Waals surface area (Å²) < 4.78 is 0. The number of nitrogens with one attached hydrogen (secondary N) is 1. The lowest BCUT2D eigenvalue weighted by Crippen LogP contribution is -2.09. The van der Waals surface area contributed by atoms with Gasteiger partial charge in [0.05, 0.1) is 4.88 Å². The number of hydrogen-bond acceptors (Lipinski definition) is 3. The first kappa shape index (κ1) is 16.0. The van der Waals surface area contributed by atoms with Gasteiger partial charge in [-0.25, -0.2) is 4.79 Å². The Bertz CT molecular complexity index is 714. The normalized spacial score (nSPS) is 10.8. The van der Waals surface area contributed by atoms with Crippen molar-refractivity contribution in [1.82, 2.24) is 0 Å². The molecule has 22 heavy (non-hydrogen) atoms. The summed E-state index contributed by atoms with van der Waals surface area (Å²) in [5.74, 6) is -1.11. The summed E-state index contributed by atoms with van der Waals surface area (Å²) in [6, 6.07) is 8.92. The van der Waals surface area contributed by atoms with Gasteiger partial charge in [0.15, 0.2) is 0 Å². The molecule has 0 aliphatic rings. The summed E-state index contributed by atoms with van der Waals surface area (Å²) in [5, 5.41) is 11.4. The van der Waals surface area contributed by atoms with E-state index < -0.39 is 5.97 Å². The third-order valence-electron chi connectivity index (χ3n) is 3.15. The molecular formula is C17H17NO3S. The van der Waals surface area contributed by atoms with E-state index in [1.807, 2.05) is 13.0 Å². The van der Waals surface area contributed by atoms with Crippen molar-refractivity contribution < 1.29 is 14.7 Å². The van der Waals surface area contributed by atoms with Crippen LogP contribution in [0.2, 0.25) is 0 Å². The van der Waals surface area contributed by atoms with Crippen LogP contribution in [0.25, 0.3) is 6.08 Å². The van der Waals surface area contributed by atoms with Crippen molar-refractivity contribution in [2.75, 3.05) is 5.32 Å². The maximum Gasteiger partial charge on any atom is 0.328 e. The number of carbonyl (C=O) groups excluding carboxylic acids is 1. The molecule has 0 radical (unpaired) electrons. The van der Waals surface area contributed by atoms with Crippen LogP contribution in [0.1, 0.15) is 32.6 Å². The number of aliphatic carboxylic acids is 1. The van der Waals surface area contributed by atoms with Gasteiger partial charge in [-0.05, 0) is 48.7 Å². The fraction of sp³-hybridized carbons (Fsp3) is 0.176. The molecule has 2 rings (SSSR count). The van der Waals surface area contributed by atoms with E-state index in [1.54, 1.807) is 24.3 Å². The van der Waals surface area contributed by atoms with Crippen LogP contribution in [0.4, 0.5) is 5.69 Å². The van der Waals surface area contributed by atoms with Crippen molar-refractivity contribution in [2.45, 2.75) is 20.3 Å². The lowest BCUT2D eigenvalue weighted by atomic mass is 10.2. The zero-order chi connectivity index (χ0) is 16.1. The van der Waals surface area contributed by atoms with Crippen molar-refractivity contribution in [3.63, 3.8) is 0 Å². The highest BCUT2D eigenvalue weighted by Crippen LogP contribution is 2.23. The lowest BCUT2D eigenvalue weighted by molar-refractivity contribution is -0.131. The van der Waals surface area contributed by atoms with Gasteiger partial charge in [0.25, 0.3) is 5.91 Å². The summed E-state index contributed by atoms with van der Waals surface area (Å²) in [4.78, 5) is 24.6. The summed E-state index contributed by atoms with van der Waals surface area (Å²) in [6.45, 7) is 4.08. The van der Waals surface area contributed by atoms with E-state index in [4.69, 9.17) is 5.11 Å². The van der Waals surface area contributed by atoms with E-state index in [-0.39, 0.29) is 5.91 Å². The fourth-order valence-electron chi connectivity index (χ4n) is 2.02. The van der Waals surface area contributed by atoms with Crippen LogP contribution in [-0.4, -0.2) is 17.0 Å². The van der Waals surface area contributed by atoms with Gasteiger partial charge in [0.1, 0.15) is 0 Å². The lowest BCUT2D eigenvalue weighted by Gasteiger charge is -2.03. The third-order valence-corrected chi connectivity index (χ3v) is 4.53. The quantitative estimate of drug-likeness (QED) is 0.820. The first-order chi connectivity index (χ1) is 10.5. The number of hydrogen-bond donors (Lipinski definition) is 2. The molecule has 1 aromatic heterocycles. The van der Waals surface area contributed by atoms with Crippen LogP contribution in [0.15, 0.2) is 36.4 Å². The maximum absolute atomic E-state index is 12.2. The number of amides is 1. The number of benzene rings is 1. The van der Waals surface area contributed by atoms with Crippen LogP contribution in [0.3, 0.4) is 0 Å². The van der Waals surface area contributed by atoms with Crippen LogP contribution in [0.5, 0.6) is 0 Å². The number of anilines is 1. The maximum atomic E-state index is 12.2. The van der Waals surface area contributed by atoms with Crippen LogP contribution >= 0.6 is 11.3 Å². The number of carbonyl (C=O) groups is 2. The Hall–Kier alpha value is -2.40. The fourth-order valence-corrected chi connectivity index (χ4v) is 3.03. The smallest absolute Gasteiger partial charge is 0.328 e. The molecule has 0 spiro atoms. The van der Waals surface area contributed by atoms with E-state index in [2.05, 4.69) is 12.2 Å². The molecule has 0 atom stereocenters. The van der Waals surface area contributed by atoms with Gasteiger partial charge in [0.2, 0.25) is 0 Å². The van der Waals surface area contributed by atoms with Crippen molar-refractivity contribution >= 4 is 35.0 Å². The third kappa shape index (κ3) is 4.05. The second-order valence-electron chi connectivity index (χ2n) is 4.82. The molecule has 0 saturated carbocycles. The van der Waals surface area contributed by atoms with Gasteiger partial charge < -0.3 is 10.4 Å². The summed E-state index contributed by atoms with van der Waals surface area (Å²) in [5.41, 5.74) is 2.59. The molecule has 4 nitrogen and oxygen atoms in total. The Morgan fingerprint density at radius 3 is 2.50 bits per heavy atom. The van der Waals surface area contributed by atoms with E-state index in [1.165, 1.54) is 22.3 Å². The zero-order valence-corrected chi connectivity index (χ0v) is 13.2. The van der Waals surface area contributed by atoms with Crippen molar-refractivity contribution in [2.24, 2.45) is 0 Å². The number of aryl methyl sites for hydroxylation is 2. The van der Waals surface area contributed by atoms with Gasteiger partial charge in [-0.3, -0.25) is 4.79 Å². The standard InChI is InChI=1S/C17H17NO3S/c1-3-14-11(2)10-15(22-14)17(21)18-13-7-4-12(5-8-13)6-9-16(19)20/h4-10H,3H2,1-2H3,(H,18,21)(H,19,20). The van der Waals surface area contributed by atoms with Gasteiger partial charge in [0, 0.05) is 16.6 Å². The Balaban J connectivity index is 2.06. The Labute approximate surface area is 133 Å². The molecule has 114 valence electrons. The predicted octanol–water partition coefficient (Wildman–Crippen LogP) is 3.97. The van der Waals surface area contributed by atoms with Crippen molar-refractivity contribution in [1.29, 1.82) is 0 Å². The molecule has 0 fully saturated rings. The molecule has 1 aromatic carbocycles. The molecular weight excluding hydrogens is 298 g/mol. The van der Waals surface area contributed by atoms with E-state index >= 15 is 0 Å². The molecule has 2 aromatic rings. The van der Waals surface area contributed by atoms with Crippen LogP contribution in [0, 0.1) is 6.92 Å². The Morgan fingerprint density at radius 1 is 1.27 bits per heavy atom. The van der Waals surface area contributed by atoms with Crippen LogP contribution < -0.4 is 5.32 Å². The molecule has 0 bridgehead atoms. The Morgan fingerprint density at radius 2 is 1.95 bits per heavy atom. The van der Waals surface area contributed by atoms with Gasteiger partial charge >= 0.3 is 5.97 Å². The molecule has 1 amide bonds. The van der Waals surface area contributed by atoms with Crippen molar-refractivity contribution in [3.05, 3.63) is 57.3 Å². The highest BCUT2D eigenvalue weighted by molar-refractivity contribution is 7.14.